The van der Waals surface area contributed by atoms with Gasteiger partial charge in [-0.2, -0.15) is 5.10 Å². The van der Waals surface area contributed by atoms with E-state index in [4.69, 9.17) is 6.57 Å². The fourth-order valence-electron chi connectivity index (χ4n) is 1.25. The van der Waals surface area contributed by atoms with Crippen molar-refractivity contribution in [2.75, 3.05) is 6.54 Å². The molecule has 0 fully saturated rings. The van der Waals surface area contributed by atoms with Crippen molar-refractivity contribution in [2.24, 2.45) is 5.92 Å². The molecule has 3 heteroatoms. The fraction of sp³-hybridized carbons (Fsp3) is 0.600. The van der Waals surface area contributed by atoms with Crippen LogP contribution in [0, 0.1) is 12.5 Å². The second kappa shape index (κ2) is 4.66. The van der Waals surface area contributed by atoms with Crippen LogP contribution in [0.5, 0.6) is 0 Å². The summed E-state index contributed by atoms with van der Waals surface area (Å²) >= 11 is 0. The minimum absolute atomic E-state index is 0.559. The quantitative estimate of drug-likeness (QED) is 0.645. The normalized spacial score (nSPS) is 10.3. The predicted molar refractivity (Wildman–Crippen MR) is 52.2 cm³/mol. The third-order valence-electron chi connectivity index (χ3n) is 1.82. The van der Waals surface area contributed by atoms with E-state index in [0.29, 0.717) is 12.5 Å². The molecule has 0 aliphatic rings. The first-order valence-electron chi connectivity index (χ1n) is 4.58. The van der Waals surface area contributed by atoms with E-state index in [2.05, 4.69) is 23.8 Å². The summed E-state index contributed by atoms with van der Waals surface area (Å²) in [6.07, 6.45) is 2.62. The molecular weight excluding hydrogens is 162 g/mol. The zero-order valence-corrected chi connectivity index (χ0v) is 8.20. The Morgan fingerprint density at radius 1 is 1.62 bits per heavy atom. The maximum Gasteiger partial charge on any atom is 0.220 e. The number of hydrogen-bond acceptors (Lipinski definition) is 1. The van der Waals surface area contributed by atoms with E-state index < -0.39 is 0 Å². The molecule has 0 saturated heterocycles. The standard InChI is InChI=1S/C10H15N3/c1-9(2)8-13-10(4-6-11-3)5-7-12-13/h5,7,9H,4,6,8H2,1-2H3. The second-order valence-electron chi connectivity index (χ2n) is 3.53. The Hall–Kier alpha value is -1.30. The fourth-order valence-corrected chi connectivity index (χ4v) is 1.25. The molecule has 3 nitrogen and oxygen atoms in total. The van der Waals surface area contributed by atoms with Crippen LogP contribution in [-0.2, 0) is 13.0 Å². The van der Waals surface area contributed by atoms with Crippen LogP contribution in [0.1, 0.15) is 19.5 Å². The van der Waals surface area contributed by atoms with Crippen molar-refractivity contribution in [3.8, 4) is 0 Å². The summed E-state index contributed by atoms with van der Waals surface area (Å²) in [5.74, 6) is 0.603. The Bertz CT molecular complexity index is 293. The topological polar surface area (TPSA) is 22.2 Å². The van der Waals surface area contributed by atoms with E-state index >= 15 is 0 Å². The van der Waals surface area contributed by atoms with Gasteiger partial charge in [0.05, 0.1) is 6.42 Å². The average Bonchev–Trinajstić information content (AvgIpc) is 2.48. The lowest BCUT2D eigenvalue weighted by Gasteiger charge is -2.07. The summed E-state index contributed by atoms with van der Waals surface area (Å²) < 4.78 is 2.00. The SMILES string of the molecule is [C-]#[N+]CCc1ccnn1CC(C)C. The van der Waals surface area contributed by atoms with Crippen molar-refractivity contribution < 1.29 is 0 Å². The minimum atomic E-state index is 0.559. The molecule has 1 aromatic rings. The van der Waals surface area contributed by atoms with Crippen molar-refractivity contribution in [3.05, 3.63) is 29.4 Å². The van der Waals surface area contributed by atoms with Crippen molar-refractivity contribution in [2.45, 2.75) is 26.8 Å². The van der Waals surface area contributed by atoms with Gasteiger partial charge in [-0.15, -0.1) is 0 Å². The molecule has 1 heterocycles. The summed E-state index contributed by atoms with van der Waals surface area (Å²) in [4.78, 5) is 3.34. The molecule has 0 aliphatic heterocycles. The molecule has 1 rings (SSSR count). The molecule has 0 saturated carbocycles. The highest BCUT2D eigenvalue weighted by molar-refractivity contribution is 5.02. The van der Waals surface area contributed by atoms with Gasteiger partial charge in [-0.3, -0.25) is 4.68 Å². The smallest absolute Gasteiger partial charge is 0.220 e. The molecule has 1 aromatic heterocycles. The van der Waals surface area contributed by atoms with Gasteiger partial charge in [0.15, 0.2) is 0 Å². The van der Waals surface area contributed by atoms with E-state index in [-0.39, 0.29) is 0 Å². The largest absolute Gasteiger partial charge is 0.317 e. The van der Waals surface area contributed by atoms with Crippen LogP contribution in [0.15, 0.2) is 12.3 Å². The van der Waals surface area contributed by atoms with Gasteiger partial charge in [-0.05, 0) is 12.0 Å². The van der Waals surface area contributed by atoms with Gasteiger partial charge < -0.3 is 4.85 Å². The molecular formula is C10H15N3. The molecule has 0 aromatic carbocycles. The van der Waals surface area contributed by atoms with Crippen molar-refractivity contribution in [1.82, 2.24) is 9.78 Å². The summed E-state index contributed by atoms with van der Waals surface area (Å²) in [6, 6.07) is 1.99. The van der Waals surface area contributed by atoms with Crippen LogP contribution in [0.25, 0.3) is 4.85 Å². The number of nitrogens with zero attached hydrogens (tertiary/aromatic N) is 3. The molecule has 0 unspecified atom stereocenters. The highest BCUT2D eigenvalue weighted by atomic mass is 15.3. The second-order valence-corrected chi connectivity index (χ2v) is 3.53. The lowest BCUT2D eigenvalue weighted by molar-refractivity contribution is 0.469. The lowest BCUT2D eigenvalue weighted by Crippen LogP contribution is -2.10. The molecule has 0 radical (unpaired) electrons. The van der Waals surface area contributed by atoms with Crippen LogP contribution in [0.3, 0.4) is 0 Å². The third-order valence-corrected chi connectivity index (χ3v) is 1.82. The Labute approximate surface area is 79.2 Å². The lowest BCUT2D eigenvalue weighted by atomic mass is 10.2. The first kappa shape index (κ1) is 9.79. The summed E-state index contributed by atoms with van der Waals surface area (Å²) in [5.41, 5.74) is 1.17. The molecule has 70 valence electrons. The van der Waals surface area contributed by atoms with Crippen molar-refractivity contribution in [1.29, 1.82) is 0 Å². The zero-order valence-electron chi connectivity index (χ0n) is 8.20. The average molecular weight is 177 g/mol. The van der Waals surface area contributed by atoms with E-state index in [0.717, 1.165) is 13.0 Å². The van der Waals surface area contributed by atoms with E-state index in [9.17, 15) is 0 Å². The van der Waals surface area contributed by atoms with Gasteiger partial charge in [-0.25, -0.2) is 6.57 Å². The molecule has 0 bridgehead atoms. The van der Waals surface area contributed by atoms with E-state index in [1.165, 1.54) is 5.69 Å². The highest BCUT2D eigenvalue weighted by Gasteiger charge is 2.04. The summed E-state index contributed by atoms with van der Waals surface area (Å²) in [5, 5.41) is 4.22. The van der Waals surface area contributed by atoms with Crippen molar-refractivity contribution >= 4 is 0 Å². The first-order valence-corrected chi connectivity index (χ1v) is 4.58. The minimum Gasteiger partial charge on any atom is -0.317 e. The summed E-state index contributed by atoms with van der Waals surface area (Å²) in [6.45, 7) is 12.6. The molecule has 13 heavy (non-hydrogen) atoms. The Morgan fingerprint density at radius 3 is 3.00 bits per heavy atom. The Morgan fingerprint density at radius 2 is 2.38 bits per heavy atom. The molecule has 0 amide bonds. The maximum atomic E-state index is 6.71. The van der Waals surface area contributed by atoms with Gasteiger partial charge in [0.1, 0.15) is 0 Å². The third kappa shape index (κ3) is 2.90. The van der Waals surface area contributed by atoms with Gasteiger partial charge in [-0.1, -0.05) is 13.8 Å². The van der Waals surface area contributed by atoms with E-state index in [1.54, 1.807) is 0 Å². The van der Waals surface area contributed by atoms with E-state index in [1.807, 2.05) is 16.9 Å². The number of rotatable bonds is 4. The van der Waals surface area contributed by atoms with Gasteiger partial charge in [0.25, 0.3) is 0 Å². The Kier molecular flexibility index (Phi) is 3.51. The van der Waals surface area contributed by atoms with Gasteiger partial charge in [0, 0.05) is 18.4 Å². The van der Waals surface area contributed by atoms with Gasteiger partial charge in [0.2, 0.25) is 6.54 Å². The van der Waals surface area contributed by atoms with Crippen LogP contribution >= 0.6 is 0 Å². The highest BCUT2D eigenvalue weighted by Crippen LogP contribution is 2.04. The number of aromatic nitrogens is 2. The molecule has 0 spiro atoms. The number of hydrogen-bond donors (Lipinski definition) is 0. The van der Waals surface area contributed by atoms with Crippen LogP contribution in [0.2, 0.25) is 0 Å². The van der Waals surface area contributed by atoms with Crippen LogP contribution in [0.4, 0.5) is 0 Å². The van der Waals surface area contributed by atoms with Crippen LogP contribution in [-0.4, -0.2) is 16.3 Å². The van der Waals surface area contributed by atoms with Crippen molar-refractivity contribution in [3.63, 3.8) is 0 Å². The predicted octanol–water partition coefficient (Wildman–Crippen LogP) is 2.00. The first-order chi connectivity index (χ1) is 6.24. The monoisotopic (exact) mass is 177 g/mol. The molecule has 0 atom stereocenters. The van der Waals surface area contributed by atoms with Crippen LogP contribution < -0.4 is 0 Å². The molecule has 0 aliphatic carbocycles. The maximum absolute atomic E-state index is 6.71. The van der Waals surface area contributed by atoms with Gasteiger partial charge >= 0.3 is 0 Å². The zero-order chi connectivity index (χ0) is 9.68. The Balaban J connectivity index is 2.61. The summed E-state index contributed by atoms with van der Waals surface area (Å²) in [7, 11) is 0. The molecule has 0 N–H and O–H groups in total.